The summed E-state index contributed by atoms with van der Waals surface area (Å²) >= 11 is 0. The molecule has 0 heterocycles. The molecule has 0 saturated heterocycles. The second-order valence-corrected chi connectivity index (χ2v) is 13.4. The van der Waals surface area contributed by atoms with Crippen LogP contribution in [0.2, 0.25) is 0 Å². The van der Waals surface area contributed by atoms with Gasteiger partial charge in [0.25, 0.3) is 0 Å². The normalized spacial score (nSPS) is 13.0. The first-order valence-corrected chi connectivity index (χ1v) is 16.8. The van der Waals surface area contributed by atoms with Gasteiger partial charge in [0, 0.05) is 22.5 Å². The minimum atomic E-state index is -0.179. The molecule has 1 aliphatic carbocycles. The van der Waals surface area contributed by atoms with Gasteiger partial charge in [-0.25, -0.2) is 0 Å². The second-order valence-electron chi connectivity index (χ2n) is 13.4. The van der Waals surface area contributed by atoms with Crippen LogP contribution >= 0.6 is 0 Å². The molecule has 48 heavy (non-hydrogen) atoms. The number of benzene rings is 8. The molecule has 9 rings (SSSR count). The Morgan fingerprint density at radius 3 is 1.69 bits per heavy atom. The van der Waals surface area contributed by atoms with Crippen LogP contribution in [0.4, 0.5) is 17.1 Å². The van der Waals surface area contributed by atoms with Crippen molar-refractivity contribution in [3.8, 4) is 33.4 Å². The van der Waals surface area contributed by atoms with E-state index in [9.17, 15) is 0 Å². The summed E-state index contributed by atoms with van der Waals surface area (Å²) in [5.74, 6) is 0. The van der Waals surface area contributed by atoms with E-state index < -0.39 is 0 Å². The van der Waals surface area contributed by atoms with Crippen molar-refractivity contribution >= 4 is 38.6 Å². The van der Waals surface area contributed by atoms with Crippen molar-refractivity contribution in [2.75, 3.05) is 4.90 Å². The van der Waals surface area contributed by atoms with E-state index in [1.165, 1.54) is 66.1 Å². The highest BCUT2D eigenvalue weighted by Gasteiger charge is 2.38. The number of hydrogen-bond donors (Lipinski definition) is 0. The lowest BCUT2D eigenvalue weighted by Gasteiger charge is -2.29. The van der Waals surface area contributed by atoms with Crippen molar-refractivity contribution in [2.45, 2.75) is 19.3 Å². The highest BCUT2D eigenvalue weighted by molar-refractivity contribution is 6.06. The van der Waals surface area contributed by atoms with Gasteiger partial charge < -0.3 is 4.90 Å². The molecule has 0 aliphatic heterocycles. The van der Waals surface area contributed by atoms with Crippen LogP contribution in [-0.2, 0) is 5.41 Å². The lowest BCUT2D eigenvalue weighted by atomic mass is 9.79. The van der Waals surface area contributed by atoms with Crippen molar-refractivity contribution in [1.82, 2.24) is 0 Å². The molecule has 0 unspecified atom stereocenters. The number of nitrogens with zero attached hydrogens (tertiary/aromatic N) is 1. The van der Waals surface area contributed by atoms with Crippen molar-refractivity contribution in [1.29, 1.82) is 0 Å². The fraction of sp³-hybridized carbons (Fsp3) is 0.0638. The molecule has 0 saturated carbocycles. The number of rotatable bonds is 5. The van der Waals surface area contributed by atoms with E-state index in [0.29, 0.717) is 0 Å². The maximum atomic E-state index is 2.44. The van der Waals surface area contributed by atoms with Gasteiger partial charge >= 0.3 is 0 Å². The molecule has 0 bridgehead atoms. The first-order chi connectivity index (χ1) is 23.6. The average molecular weight is 614 g/mol. The fourth-order valence-corrected chi connectivity index (χ4v) is 7.87. The predicted octanol–water partition coefficient (Wildman–Crippen LogP) is 13.1. The summed E-state index contributed by atoms with van der Waals surface area (Å²) in [6.45, 7) is 4.79. The minimum Gasteiger partial charge on any atom is -0.310 e. The van der Waals surface area contributed by atoms with Crippen molar-refractivity contribution < 1.29 is 0 Å². The van der Waals surface area contributed by atoms with Crippen molar-refractivity contribution in [3.05, 3.63) is 187 Å². The van der Waals surface area contributed by atoms with Crippen molar-refractivity contribution in [3.63, 3.8) is 0 Å². The lowest BCUT2D eigenvalue weighted by molar-refractivity contribution is 0.666. The first-order valence-electron chi connectivity index (χ1n) is 16.8. The summed E-state index contributed by atoms with van der Waals surface area (Å²) in [6.07, 6.45) is 0. The molecule has 228 valence electrons. The van der Waals surface area contributed by atoms with Crippen LogP contribution in [0.5, 0.6) is 0 Å². The Kier molecular flexibility index (Phi) is 6.55. The molecule has 1 aliphatic rings. The zero-order valence-electron chi connectivity index (χ0n) is 27.2. The SMILES string of the molecule is CC1(C)c2cc(N(c3ccc(-c4ccccc4)cc3)c3ccc4ccccc4c3)ccc2-c2cc(-c3ccccc3)c3ccccc3c21. The zero-order chi connectivity index (χ0) is 32.2. The van der Waals surface area contributed by atoms with E-state index in [0.717, 1.165) is 17.1 Å². The smallest absolute Gasteiger partial charge is 0.0468 e. The monoisotopic (exact) mass is 613 g/mol. The van der Waals surface area contributed by atoms with E-state index in [1.54, 1.807) is 0 Å². The van der Waals surface area contributed by atoms with Crippen LogP contribution in [0.3, 0.4) is 0 Å². The quantitative estimate of drug-likeness (QED) is 0.187. The van der Waals surface area contributed by atoms with E-state index in [1.807, 2.05) is 0 Å². The molecular formula is C47H35N. The topological polar surface area (TPSA) is 3.24 Å². The number of anilines is 3. The van der Waals surface area contributed by atoms with Gasteiger partial charge in [0.1, 0.15) is 0 Å². The fourth-order valence-electron chi connectivity index (χ4n) is 7.87. The first kappa shape index (κ1) is 28.3. The van der Waals surface area contributed by atoms with Crippen LogP contribution in [-0.4, -0.2) is 0 Å². The third-order valence-electron chi connectivity index (χ3n) is 10.2. The highest BCUT2D eigenvalue weighted by Crippen LogP contribution is 2.54. The summed E-state index contributed by atoms with van der Waals surface area (Å²) < 4.78 is 0. The molecule has 0 aromatic heterocycles. The third kappa shape index (κ3) is 4.54. The molecule has 0 N–H and O–H groups in total. The molecule has 1 heteroatoms. The van der Waals surface area contributed by atoms with E-state index in [2.05, 4.69) is 195 Å². The third-order valence-corrected chi connectivity index (χ3v) is 10.2. The Labute approximate surface area is 282 Å². The van der Waals surface area contributed by atoms with E-state index in [-0.39, 0.29) is 5.41 Å². The number of fused-ring (bicyclic) bond motifs is 6. The van der Waals surface area contributed by atoms with Gasteiger partial charge in [0.15, 0.2) is 0 Å². The van der Waals surface area contributed by atoms with Crippen LogP contribution in [0.1, 0.15) is 25.0 Å². The standard InChI is InChI=1S/C47H35N/c1-47(2)45-30-39(27-28-41(45)44-31-43(35-16-7-4-8-17-35)40-19-11-12-20-42(40)46(44)47)48(38-26-23-33-15-9-10-18-36(33)29-38)37-24-21-34(22-25-37)32-13-5-3-6-14-32/h3-31H,1-2H3. The summed E-state index contributed by atoms with van der Waals surface area (Å²) in [6, 6.07) is 64.3. The molecule has 0 fully saturated rings. The van der Waals surface area contributed by atoms with Crippen molar-refractivity contribution in [2.24, 2.45) is 0 Å². The van der Waals surface area contributed by atoms with Gasteiger partial charge in [-0.05, 0) is 109 Å². The molecule has 0 radical (unpaired) electrons. The summed E-state index contributed by atoms with van der Waals surface area (Å²) in [7, 11) is 0. The molecule has 8 aromatic rings. The minimum absolute atomic E-state index is 0.179. The average Bonchev–Trinajstić information content (AvgIpc) is 3.38. The summed E-state index contributed by atoms with van der Waals surface area (Å²) in [5.41, 5.74) is 13.7. The number of hydrogen-bond acceptors (Lipinski definition) is 1. The van der Waals surface area contributed by atoms with Crippen LogP contribution in [0, 0.1) is 0 Å². The molecule has 8 aromatic carbocycles. The van der Waals surface area contributed by atoms with Crippen LogP contribution in [0.15, 0.2) is 176 Å². The molecule has 1 nitrogen and oxygen atoms in total. The maximum Gasteiger partial charge on any atom is 0.0468 e. The van der Waals surface area contributed by atoms with E-state index in [4.69, 9.17) is 0 Å². The van der Waals surface area contributed by atoms with Gasteiger partial charge in [0.2, 0.25) is 0 Å². The van der Waals surface area contributed by atoms with Gasteiger partial charge in [-0.15, -0.1) is 0 Å². The molecule has 0 spiro atoms. The van der Waals surface area contributed by atoms with Crippen LogP contribution < -0.4 is 4.90 Å². The van der Waals surface area contributed by atoms with Gasteiger partial charge in [0.05, 0.1) is 0 Å². The largest absolute Gasteiger partial charge is 0.310 e. The summed E-state index contributed by atoms with van der Waals surface area (Å²) in [4.78, 5) is 2.41. The second kappa shape index (κ2) is 11.1. The predicted molar refractivity (Wildman–Crippen MR) is 205 cm³/mol. The Morgan fingerprint density at radius 2 is 0.938 bits per heavy atom. The Bertz CT molecular complexity index is 2460. The zero-order valence-corrected chi connectivity index (χ0v) is 27.2. The van der Waals surface area contributed by atoms with E-state index >= 15 is 0 Å². The van der Waals surface area contributed by atoms with Gasteiger partial charge in [-0.1, -0.05) is 147 Å². The maximum absolute atomic E-state index is 2.44. The highest BCUT2D eigenvalue weighted by atomic mass is 15.1. The summed E-state index contributed by atoms with van der Waals surface area (Å²) in [5, 5.41) is 5.11. The Balaban J connectivity index is 1.23. The molecule has 0 amide bonds. The lowest BCUT2D eigenvalue weighted by Crippen LogP contribution is -2.17. The molecule has 0 atom stereocenters. The Morgan fingerprint density at radius 1 is 0.375 bits per heavy atom. The molecular weight excluding hydrogens is 579 g/mol. The van der Waals surface area contributed by atoms with Crippen LogP contribution in [0.25, 0.3) is 54.9 Å². The van der Waals surface area contributed by atoms with Gasteiger partial charge in [-0.3, -0.25) is 0 Å². The Hall–Kier alpha value is -5.92. The van der Waals surface area contributed by atoms with Gasteiger partial charge in [-0.2, -0.15) is 0 Å².